The molecule has 1 aliphatic carbocycles. The molecule has 2 rings (SSSR count). The highest BCUT2D eigenvalue weighted by molar-refractivity contribution is 6.29. The topological polar surface area (TPSA) is 66.3 Å². The number of aliphatic carboxylic acids is 1. The SMILES string of the molecule is O=C(O)CN(CC1CC1)c1ccc(Cl)nn1. The third-order valence-corrected chi connectivity index (χ3v) is 2.65. The largest absolute Gasteiger partial charge is 0.480 e. The molecule has 1 heterocycles. The Balaban J connectivity index is 2.09. The number of hydrogen-bond acceptors (Lipinski definition) is 4. The van der Waals surface area contributed by atoms with Crippen LogP contribution in [0.2, 0.25) is 5.15 Å². The lowest BCUT2D eigenvalue weighted by Gasteiger charge is -2.20. The monoisotopic (exact) mass is 241 g/mol. The molecule has 86 valence electrons. The van der Waals surface area contributed by atoms with E-state index in [0.29, 0.717) is 16.9 Å². The molecule has 0 aliphatic heterocycles. The molecule has 0 atom stereocenters. The average molecular weight is 242 g/mol. The number of carboxylic acid groups (broad SMARTS) is 1. The van der Waals surface area contributed by atoms with E-state index in [4.69, 9.17) is 16.7 Å². The number of rotatable bonds is 5. The van der Waals surface area contributed by atoms with Gasteiger partial charge in [-0.05, 0) is 30.9 Å². The highest BCUT2D eigenvalue weighted by Crippen LogP contribution is 2.30. The van der Waals surface area contributed by atoms with Crippen molar-refractivity contribution in [3.63, 3.8) is 0 Å². The summed E-state index contributed by atoms with van der Waals surface area (Å²) in [6.45, 7) is 0.676. The molecule has 6 heteroatoms. The highest BCUT2D eigenvalue weighted by Gasteiger charge is 2.26. The standard InChI is InChI=1S/C10H12ClN3O2/c11-8-3-4-9(13-12-8)14(6-10(15)16)5-7-1-2-7/h3-4,7H,1-2,5-6H2,(H,15,16). The van der Waals surface area contributed by atoms with E-state index in [9.17, 15) is 4.79 Å². The molecule has 0 spiro atoms. The van der Waals surface area contributed by atoms with Crippen molar-refractivity contribution in [2.75, 3.05) is 18.0 Å². The van der Waals surface area contributed by atoms with E-state index in [0.717, 1.165) is 19.4 Å². The zero-order valence-electron chi connectivity index (χ0n) is 8.64. The summed E-state index contributed by atoms with van der Waals surface area (Å²) >= 11 is 5.63. The number of halogens is 1. The molecule has 0 aromatic carbocycles. The van der Waals surface area contributed by atoms with Crippen molar-refractivity contribution in [1.82, 2.24) is 10.2 Å². The van der Waals surface area contributed by atoms with Crippen LogP contribution >= 0.6 is 11.6 Å². The quantitative estimate of drug-likeness (QED) is 0.845. The Morgan fingerprint density at radius 1 is 1.50 bits per heavy atom. The van der Waals surface area contributed by atoms with Gasteiger partial charge < -0.3 is 10.0 Å². The van der Waals surface area contributed by atoms with Crippen LogP contribution in [-0.2, 0) is 4.79 Å². The van der Waals surface area contributed by atoms with Crippen molar-refractivity contribution in [2.45, 2.75) is 12.8 Å². The molecular weight excluding hydrogens is 230 g/mol. The number of nitrogens with zero attached hydrogens (tertiary/aromatic N) is 3. The molecule has 1 aromatic rings. The van der Waals surface area contributed by atoms with Gasteiger partial charge in [-0.15, -0.1) is 10.2 Å². The number of hydrogen-bond donors (Lipinski definition) is 1. The third-order valence-electron chi connectivity index (χ3n) is 2.44. The van der Waals surface area contributed by atoms with Crippen molar-refractivity contribution in [2.24, 2.45) is 5.92 Å². The van der Waals surface area contributed by atoms with Gasteiger partial charge >= 0.3 is 5.97 Å². The van der Waals surface area contributed by atoms with Crippen LogP contribution in [0, 0.1) is 5.92 Å². The molecule has 1 N–H and O–H groups in total. The molecule has 1 fully saturated rings. The van der Waals surface area contributed by atoms with Crippen LogP contribution in [0.15, 0.2) is 12.1 Å². The van der Waals surface area contributed by atoms with Crippen molar-refractivity contribution in [1.29, 1.82) is 0 Å². The summed E-state index contributed by atoms with van der Waals surface area (Å²) in [5.41, 5.74) is 0. The summed E-state index contributed by atoms with van der Waals surface area (Å²) in [4.78, 5) is 12.5. The first-order valence-corrected chi connectivity index (χ1v) is 5.49. The lowest BCUT2D eigenvalue weighted by atomic mass is 10.3. The van der Waals surface area contributed by atoms with Crippen LogP contribution < -0.4 is 4.90 Å². The molecule has 0 unspecified atom stereocenters. The number of carbonyl (C=O) groups is 1. The van der Waals surface area contributed by atoms with Crippen LogP contribution in [0.5, 0.6) is 0 Å². The van der Waals surface area contributed by atoms with E-state index in [-0.39, 0.29) is 6.54 Å². The Labute approximate surface area is 98.0 Å². The van der Waals surface area contributed by atoms with Gasteiger partial charge in [0.25, 0.3) is 0 Å². The first-order chi connectivity index (χ1) is 7.65. The number of aromatic nitrogens is 2. The van der Waals surface area contributed by atoms with E-state index in [2.05, 4.69) is 10.2 Å². The third kappa shape index (κ3) is 3.06. The normalized spacial score (nSPS) is 14.8. The second kappa shape index (κ2) is 4.65. The zero-order chi connectivity index (χ0) is 11.5. The Kier molecular flexibility index (Phi) is 3.24. The second-order valence-electron chi connectivity index (χ2n) is 3.93. The first-order valence-electron chi connectivity index (χ1n) is 5.11. The summed E-state index contributed by atoms with van der Waals surface area (Å²) in [5, 5.41) is 16.7. The molecule has 1 aromatic heterocycles. The Bertz CT molecular complexity index is 378. The van der Waals surface area contributed by atoms with Crippen LogP contribution in [0.3, 0.4) is 0 Å². The lowest BCUT2D eigenvalue weighted by Crippen LogP contribution is -2.32. The summed E-state index contributed by atoms with van der Waals surface area (Å²) in [6.07, 6.45) is 2.33. The molecule has 5 nitrogen and oxygen atoms in total. The minimum absolute atomic E-state index is 0.0488. The number of anilines is 1. The molecule has 1 aliphatic rings. The fraction of sp³-hybridized carbons (Fsp3) is 0.500. The van der Waals surface area contributed by atoms with E-state index in [1.54, 1.807) is 17.0 Å². The van der Waals surface area contributed by atoms with E-state index >= 15 is 0 Å². The predicted octanol–water partition coefficient (Wildman–Crippen LogP) is 1.43. The van der Waals surface area contributed by atoms with Gasteiger partial charge in [0.1, 0.15) is 6.54 Å². The minimum atomic E-state index is -0.864. The first kappa shape index (κ1) is 11.1. The minimum Gasteiger partial charge on any atom is -0.480 e. The molecule has 0 saturated heterocycles. The summed E-state index contributed by atoms with van der Waals surface area (Å²) in [6, 6.07) is 3.31. The van der Waals surface area contributed by atoms with Crippen molar-refractivity contribution < 1.29 is 9.90 Å². The maximum absolute atomic E-state index is 10.7. The smallest absolute Gasteiger partial charge is 0.323 e. The Morgan fingerprint density at radius 3 is 2.75 bits per heavy atom. The van der Waals surface area contributed by atoms with E-state index in [1.165, 1.54) is 0 Å². The van der Waals surface area contributed by atoms with Gasteiger partial charge in [0.05, 0.1) is 0 Å². The summed E-state index contributed by atoms with van der Waals surface area (Å²) in [7, 11) is 0. The fourth-order valence-electron chi connectivity index (χ4n) is 1.49. The number of carboxylic acids is 1. The average Bonchev–Trinajstić information content (AvgIpc) is 3.01. The van der Waals surface area contributed by atoms with E-state index in [1.807, 2.05) is 0 Å². The van der Waals surface area contributed by atoms with Crippen LogP contribution in [-0.4, -0.2) is 34.4 Å². The maximum Gasteiger partial charge on any atom is 0.323 e. The molecule has 0 amide bonds. The van der Waals surface area contributed by atoms with Crippen molar-refractivity contribution >= 4 is 23.4 Å². The predicted molar refractivity (Wildman–Crippen MR) is 59.6 cm³/mol. The second-order valence-corrected chi connectivity index (χ2v) is 4.32. The molecule has 1 saturated carbocycles. The van der Waals surface area contributed by atoms with Gasteiger partial charge in [0, 0.05) is 6.54 Å². The van der Waals surface area contributed by atoms with Gasteiger partial charge in [0.2, 0.25) is 0 Å². The van der Waals surface area contributed by atoms with Gasteiger partial charge in [0.15, 0.2) is 11.0 Å². The maximum atomic E-state index is 10.7. The molecule has 16 heavy (non-hydrogen) atoms. The van der Waals surface area contributed by atoms with Gasteiger partial charge in [-0.2, -0.15) is 0 Å². The van der Waals surface area contributed by atoms with Crippen LogP contribution in [0.4, 0.5) is 5.82 Å². The molecule has 0 radical (unpaired) electrons. The highest BCUT2D eigenvalue weighted by atomic mass is 35.5. The summed E-state index contributed by atoms with van der Waals surface area (Å²) < 4.78 is 0. The van der Waals surface area contributed by atoms with Gasteiger partial charge in [-0.3, -0.25) is 4.79 Å². The Morgan fingerprint density at radius 2 is 2.25 bits per heavy atom. The fourth-order valence-corrected chi connectivity index (χ4v) is 1.59. The summed E-state index contributed by atoms with van der Waals surface area (Å²) in [5.74, 6) is 0.299. The van der Waals surface area contributed by atoms with Gasteiger partial charge in [-0.25, -0.2) is 0 Å². The van der Waals surface area contributed by atoms with Gasteiger partial charge in [-0.1, -0.05) is 11.6 Å². The lowest BCUT2D eigenvalue weighted by molar-refractivity contribution is -0.135. The van der Waals surface area contributed by atoms with Crippen LogP contribution in [0.25, 0.3) is 0 Å². The van der Waals surface area contributed by atoms with Crippen molar-refractivity contribution in [3.05, 3.63) is 17.3 Å². The van der Waals surface area contributed by atoms with E-state index < -0.39 is 5.97 Å². The zero-order valence-corrected chi connectivity index (χ0v) is 9.39. The Hall–Kier alpha value is -1.36. The van der Waals surface area contributed by atoms with Crippen LogP contribution in [0.1, 0.15) is 12.8 Å². The van der Waals surface area contributed by atoms with Crippen molar-refractivity contribution in [3.8, 4) is 0 Å². The molecule has 0 bridgehead atoms. The molecular formula is C10H12ClN3O2.